The van der Waals surface area contributed by atoms with Crippen molar-refractivity contribution in [1.82, 2.24) is 9.47 Å². The predicted molar refractivity (Wildman–Crippen MR) is 72.5 cm³/mol. The highest BCUT2D eigenvalue weighted by molar-refractivity contribution is 5.85. The highest BCUT2D eigenvalue weighted by Gasteiger charge is 2.27. The number of para-hydroxylation sites is 1. The Hall–Kier alpha value is -1.77. The molecule has 0 bridgehead atoms. The molecule has 3 nitrogen and oxygen atoms in total. The number of aromatic nitrogens is 1. The van der Waals surface area contributed by atoms with E-state index >= 15 is 0 Å². The van der Waals surface area contributed by atoms with Crippen LogP contribution in [0.4, 0.5) is 0 Å². The first-order valence-corrected chi connectivity index (χ1v) is 6.49. The van der Waals surface area contributed by atoms with E-state index in [0.29, 0.717) is 0 Å². The summed E-state index contributed by atoms with van der Waals surface area (Å²) >= 11 is 0. The molecule has 0 saturated carbocycles. The minimum atomic E-state index is 0.226. The molecule has 0 spiro atoms. The van der Waals surface area contributed by atoms with E-state index in [1.165, 1.54) is 22.2 Å². The maximum Gasteiger partial charge on any atom is 0.210 e. The monoisotopic (exact) mass is 242 g/mol. The quantitative estimate of drug-likeness (QED) is 0.743. The molecule has 1 amide bonds. The van der Waals surface area contributed by atoms with E-state index in [0.717, 1.165) is 25.8 Å². The van der Waals surface area contributed by atoms with Crippen LogP contribution in [0.2, 0.25) is 0 Å². The average Bonchev–Trinajstić information content (AvgIpc) is 2.72. The maximum atomic E-state index is 11.1. The number of aryl methyl sites for hydroxylation is 2. The molecular weight excluding hydrogens is 224 g/mol. The van der Waals surface area contributed by atoms with Gasteiger partial charge in [0.15, 0.2) is 0 Å². The Morgan fingerprint density at radius 3 is 2.94 bits per heavy atom. The van der Waals surface area contributed by atoms with Crippen molar-refractivity contribution in [1.29, 1.82) is 0 Å². The first kappa shape index (κ1) is 11.3. The van der Waals surface area contributed by atoms with Gasteiger partial charge >= 0.3 is 0 Å². The molecule has 94 valence electrons. The van der Waals surface area contributed by atoms with Gasteiger partial charge in [-0.2, -0.15) is 0 Å². The Balaban J connectivity index is 2.26. The van der Waals surface area contributed by atoms with Crippen LogP contribution in [-0.4, -0.2) is 22.9 Å². The summed E-state index contributed by atoms with van der Waals surface area (Å²) in [5.41, 5.74) is 3.94. The van der Waals surface area contributed by atoms with E-state index in [4.69, 9.17) is 0 Å². The summed E-state index contributed by atoms with van der Waals surface area (Å²) in [6.07, 6.45) is 3.14. The summed E-state index contributed by atoms with van der Waals surface area (Å²) in [5.74, 6) is 0. The van der Waals surface area contributed by atoms with E-state index in [9.17, 15) is 4.79 Å². The number of carbonyl (C=O) groups is 1. The highest BCUT2D eigenvalue weighted by Crippen LogP contribution is 2.37. The van der Waals surface area contributed by atoms with Gasteiger partial charge in [0.25, 0.3) is 0 Å². The zero-order chi connectivity index (χ0) is 12.7. The molecule has 1 aliphatic rings. The van der Waals surface area contributed by atoms with Crippen molar-refractivity contribution < 1.29 is 4.79 Å². The van der Waals surface area contributed by atoms with Crippen LogP contribution in [0.15, 0.2) is 24.3 Å². The lowest BCUT2D eigenvalue weighted by Crippen LogP contribution is -2.29. The Morgan fingerprint density at radius 2 is 2.17 bits per heavy atom. The number of rotatable bonds is 2. The highest BCUT2D eigenvalue weighted by atomic mass is 16.1. The van der Waals surface area contributed by atoms with E-state index in [1.54, 1.807) is 4.90 Å². The van der Waals surface area contributed by atoms with Crippen molar-refractivity contribution in [2.75, 3.05) is 7.05 Å². The van der Waals surface area contributed by atoms with Gasteiger partial charge in [0, 0.05) is 30.2 Å². The van der Waals surface area contributed by atoms with Gasteiger partial charge in [0.05, 0.1) is 6.04 Å². The lowest BCUT2D eigenvalue weighted by atomic mass is 10.00. The smallest absolute Gasteiger partial charge is 0.210 e. The van der Waals surface area contributed by atoms with Crippen LogP contribution in [0.25, 0.3) is 10.9 Å². The Bertz CT molecular complexity index is 600. The molecule has 2 aromatic rings. The molecule has 3 rings (SSSR count). The molecule has 0 radical (unpaired) electrons. The first-order chi connectivity index (χ1) is 8.74. The fraction of sp³-hybridized carbons (Fsp3) is 0.400. The number of hydrogen-bond donors (Lipinski definition) is 0. The molecule has 0 saturated heterocycles. The molecule has 1 unspecified atom stereocenters. The Labute approximate surface area is 107 Å². The molecule has 0 N–H and O–H groups in total. The summed E-state index contributed by atoms with van der Waals surface area (Å²) in [4.78, 5) is 12.9. The number of amides is 1. The molecular formula is C15H18N2O. The van der Waals surface area contributed by atoms with E-state index < -0.39 is 0 Å². The van der Waals surface area contributed by atoms with Gasteiger partial charge in [-0.3, -0.25) is 4.79 Å². The summed E-state index contributed by atoms with van der Waals surface area (Å²) in [7, 11) is 1.88. The molecule has 1 atom stereocenters. The van der Waals surface area contributed by atoms with Crippen LogP contribution in [-0.2, 0) is 11.3 Å². The van der Waals surface area contributed by atoms with Crippen LogP contribution in [0.1, 0.15) is 30.1 Å². The fourth-order valence-electron chi connectivity index (χ4n) is 3.22. The van der Waals surface area contributed by atoms with Crippen molar-refractivity contribution >= 4 is 17.3 Å². The van der Waals surface area contributed by atoms with E-state index in [2.05, 4.69) is 35.8 Å². The van der Waals surface area contributed by atoms with Gasteiger partial charge in [-0.05, 0) is 31.4 Å². The SMILES string of the molecule is Cc1c2n(c3ccccc13)CCCC2N(C)C=O. The number of nitrogens with zero attached hydrogens (tertiary/aromatic N) is 2. The molecule has 18 heavy (non-hydrogen) atoms. The average molecular weight is 242 g/mol. The standard InChI is InChI=1S/C15H18N2O/c1-11-12-6-3-4-7-13(12)17-9-5-8-14(15(11)17)16(2)10-18/h3-4,6-7,10,14H,5,8-9H2,1-2H3. The van der Waals surface area contributed by atoms with Crippen molar-refractivity contribution in [2.24, 2.45) is 0 Å². The van der Waals surface area contributed by atoms with E-state index in [-0.39, 0.29) is 6.04 Å². The van der Waals surface area contributed by atoms with Crippen molar-refractivity contribution in [2.45, 2.75) is 32.4 Å². The second-order valence-electron chi connectivity index (χ2n) is 5.11. The zero-order valence-corrected chi connectivity index (χ0v) is 10.9. The number of hydrogen-bond acceptors (Lipinski definition) is 1. The Kier molecular flexibility index (Phi) is 2.62. The molecule has 0 fully saturated rings. The second kappa shape index (κ2) is 4.16. The minimum absolute atomic E-state index is 0.226. The number of carbonyl (C=O) groups excluding carboxylic acids is 1. The van der Waals surface area contributed by atoms with E-state index in [1.807, 2.05) is 7.05 Å². The van der Waals surface area contributed by atoms with Crippen molar-refractivity contribution in [3.8, 4) is 0 Å². The normalized spacial score (nSPS) is 18.7. The lowest BCUT2D eigenvalue weighted by molar-refractivity contribution is -0.119. The molecule has 1 aromatic heterocycles. The Morgan fingerprint density at radius 1 is 1.39 bits per heavy atom. The first-order valence-electron chi connectivity index (χ1n) is 6.49. The number of benzene rings is 1. The van der Waals surface area contributed by atoms with Gasteiger partial charge < -0.3 is 9.47 Å². The molecule has 1 aliphatic heterocycles. The largest absolute Gasteiger partial charge is 0.342 e. The van der Waals surface area contributed by atoms with Gasteiger partial charge in [0.1, 0.15) is 0 Å². The third-order valence-electron chi connectivity index (χ3n) is 4.11. The van der Waals surface area contributed by atoms with Gasteiger partial charge in [-0.25, -0.2) is 0 Å². The summed E-state index contributed by atoms with van der Waals surface area (Å²) in [6, 6.07) is 8.74. The molecule has 2 heterocycles. The molecule has 0 aliphatic carbocycles. The van der Waals surface area contributed by atoms with Crippen LogP contribution < -0.4 is 0 Å². The third-order valence-corrected chi connectivity index (χ3v) is 4.11. The van der Waals surface area contributed by atoms with Crippen LogP contribution in [0.5, 0.6) is 0 Å². The fourth-order valence-corrected chi connectivity index (χ4v) is 3.22. The van der Waals surface area contributed by atoms with Crippen molar-refractivity contribution in [3.05, 3.63) is 35.5 Å². The predicted octanol–water partition coefficient (Wildman–Crippen LogP) is 2.87. The number of fused-ring (bicyclic) bond motifs is 3. The second-order valence-corrected chi connectivity index (χ2v) is 5.11. The minimum Gasteiger partial charge on any atom is -0.342 e. The van der Waals surface area contributed by atoms with Gasteiger partial charge in [-0.15, -0.1) is 0 Å². The van der Waals surface area contributed by atoms with Crippen LogP contribution in [0, 0.1) is 6.92 Å². The molecule has 3 heteroatoms. The van der Waals surface area contributed by atoms with Gasteiger partial charge in [-0.1, -0.05) is 18.2 Å². The van der Waals surface area contributed by atoms with Crippen LogP contribution in [0.3, 0.4) is 0 Å². The summed E-state index contributed by atoms with van der Waals surface area (Å²) < 4.78 is 2.39. The lowest BCUT2D eigenvalue weighted by Gasteiger charge is -2.31. The topological polar surface area (TPSA) is 25.2 Å². The maximum absolute atomic E-state index is 11.1. The van der Waals surface area contributed by atoms with Crippen molar-refractivity contribution in [3.63, 3.8) is 0 Å². The summed E-state index contributed by atoms with van der Waals surface area (Å²) in [5, 5.41) is 1.32. The summed E-state index contributed by atoms with van der Waals surface area (Å²) in [6.45, 7) is 3.23. The molecule has 1 aromatic carbocycles. The zero-order valence-electron chi connectivity index (χ0n) is 10.9. The van der Waals surface area contributed by atoms with Crippen LogP contribution >= 0.6 is 0 Å². The van der Waals surface area contributed by atoms with Gasteiger partial charge in [0.2, 0.25) is 6.41 Å². The third kappa shape index (κ3) is 1.47.